The van der Waals surface area contributed by atoms with Gasteiger partial charge in [0.25, 0.3) is 5.91 Å². The van der Waals surface area contributed by atoms with Gasteiger partial charge in [0.05, 0.1) is 24.8 Å². The molecule has 0 bridgehead atoms. The number of ether oxygens (including phenoxy) is 2. The summed E-state index contributed by atoms with van der Waals surface area (Å²) < 4.78 is 13.1. The average molecular weight is 635 g/mol. The number of nitrogens with one attached hydrogen (secondary N) is 1. The molecule has 0 saturated heterocycles. The number of carboxylic acid groups (broad SMARTS) is 1. The number of carbonyl (C=O) groups excluding carboxylic acids is 2. The number of amides is 2. The number of fused-ring (bicyclic) bond motifs is 1. The fraction of sp³-hybridized carbons (Fsp3) is 0.250. The number of rotatable bonds is 11. The normalized spacial score (nSPS) is 12.4. The summed E-state index contributed by atoms with van der Waals surface area (Å²) >= 11 is 7.83. The molecular formula is C32H31ClN4O6S. The van der Waals surface area contributed by atoms with E-state index in [1.54, 1.807) is 51.8 Å². The molecule has 2 heterocycles. The third-order valence-corrected chi connectivity index (χ3v) is 8.47. The Balaban J connectivity index is 1.22. The highest BCUT2D eigenvalue weighted by Crippen LogP contribution is 2.42. The minimum Gasteiger partial charge on any atom is -0.490 e. The van der Waals surface area contributed by atoms with Gasteiger partial charge in [-0.15, -0.1) is 11.8 Å². The molecule has 0 saturated carbocycles. The maximum atomic E-state index is 13.1. The van der Waals surface area contributed by atoms with Crippen molar-refractivity contribution in [3.8, 4) is 16.9 Å². The molecule has 228 valence electrons. The van der Waals surface area contributed by atoms with Crippen LogP contribution in [-0.4, -0.2) is 64.9 Å². The molecule has 2 amide bonds. The molecule has 5 rings (SSSR count). The quantitative estimate of drug-likeness (QED) is 0.196. The minimum atomic E-state index is -0.967. The van der Waals surface area contributed by atoms with Crippen LogP contribution in [-0.2, 0) is 16.1 Å². The van der Waals surface area contributed by atoms with Crippen LogP contribution < -0.4 is 15.0 Å². The number of thioether (sulfide) groups is 1. The highest BCUT2D eigenvalue weighted by molar-refractivity contribution is 7.99. The zero-order chi connectivity index (χ0) is 31.1. The fourth-order valence-corrected chi connectivity index (χ4v) is 6.05. The van der Waals surface area contributed by atoms with Gasteiger partial charge in [-0.3, -0.25) is 19.2 Å². The SMILES string of the molecule is Cc1c(Cl)cccc1OCCOC(=O)N1CCSc2c(-c3cnn(Cc4cccc(C(=O)NCCC(=O)O)c4)c3)cccc21. The second-order valence-electron chi connectivity index (χ2n) is 10.0. The first-order valence-electron chi connectivity index (χ1n) is 14.0. The van der Waals surface area contributed by atoms with Gasteiger partial charge in [-0.05, 0) is 42.8 Å². The lowest BCUT2D eigenvalue weighted by atomic mass is 10.1. The average Bonchev–Trinajstić information content (AvgIpc) is 3.48. The van der Waals surface area contributed by atoms with Crippen LogP contribution in [0.4, 0.5) is 10.5 Å². The van der Waals surface area contributed by atoms with Crippen LogP contribution >= 0.6 is 23.4 Å². The van der Waals surface area contributed by atoms with Crippen molar-refractivity contribution in [2.45, 2.75) is 24.8 Å². The van der Waals surface area contributed by atoms with Crippen LogP contribution in [0.3, 0.4) is 0 Å². The van der Waals surface area contributed by atoms with Gasteiger partial charge in [-0.1, -0.05) is 41.9 Å². The number of hydrogen-bond donors (Lipinski definition) is 2. The van der Waals surface area contributed by atoms with E-state index in [0.29, 0.717) is 35.2 Å². The molecule has 10 nitrogen and oxygen atoms in total. The fourth-order valence-electron chi connectivity index (χ4n) is 4.74. The van der Waals surface area contributed by atoms with Gasteiger partial charge >= 0.3 is 12.1 Å². The molecule has 1 aliphatic heterocycles. The maximum Gasteiger partial charge on any atom is 0.414 e. The van der Waals surface area contributed by atoms with Gasteiger partial charge in [0.1, 0.15) is 19.0 Å². The Morgan fingerprint density at radius 2 is 1.91 bits per heavy atom. The molecule has 4 aromatic rings. The van der Waals surface area contributed by atoms with E-state index in [1.807, 2.05) is 49.5 Å². The van der Waals surface area contributed by atoms with Crippen LogP contribution in [0.2, 0.25) is 5.02 Å². The summed E-state index contributed by atoms with van der Waals surface area (Å²) in [5.41, 5.74) is 4.80. The van der Waals surface area contributed by atoms with Gasteiger partial charge in [0, 0.05) is 57.2 Å². The number of halogens is 1. The summed E-state index contributed by atoms with van der Waals surface area (Å²) in [6.07, 6.45) is 3.15. The van der Waals surface area contributed by atoms with Crippen molar-refractivity contribution in [3.63, 3.8) is 0 Å². The van der Waals surface area contributed by atoms with Crippen molar-refractivity contribution < 1.29 is 29.0 Å². The molecular weight excluding hydrogens is 604 g/mol. The molecule has 0 aliphatic carbocycles. The number of carboxylic acids is 1. The summed E-state index contributed by atoms with van der Waals surface area (Å²) in [5.74, 6) is 0.0799. The monoisotopic (exact) mass is 634 g/mol. The standard InChI is InChI=1S/C32H31ClN4O6S/c1-21-26(33)8-4-10-28(21)42-14-15-43-32(41)37-13-16-44-30-25(7-3-9-27(30)37)24-18-35-36(20-24)19-22-5-2-6-23(17-22)31(40)34-12-11-29(38)39/h2-10,17-18,20H,11-16,19H2,1H3,(H,34,40)(H,38,39). The maximum absolute atomic E-state index is 13.1. The molecule has 1 aliphatic rings. The molecule has 1 aromatic heterocycles. The molecule has 44 heavy (non-hydrogen) atoms. The van der Waals surface area contributed by atoms with E-state index in [1.165, 1.54) is 0 Å². The highest BCUT2D eigenvalue weighted by atomic mass is 35.5. The number of aromatic nitrogens is 2. The zero-order valence-electron chi connectivity index (χ0n) is 24.0. The third-order valence-electron chi connectivity index (χ3n) is 6.95. The van der Waals surface area contributed by atoms with E-state index in [9.17, 15) is 14.4 Å². The second-order valence-corrected chi connectivity index (χ2v) is 11.5. The van der Waals surface area contributed by atoms with Gasteiger partial charge in [-0.25, -0.2) is 4.79 Å². The van der Waals surface area contributed by atoms with Crippen molar-refractivity contribution in [1.29, 1.82) is 0 Å². The summed E-state index contributed by atoms with van der Waals surface area (Å²) in [7, 11) is 0. The Labute approximate surface area is 263 Å². The number of benzene rings is 3. The van der Waals surface area contributed by atoms with Crippen LogP contribution in [0.25, 0.3) is 11.1 Å². The largest absolute Gasteiger partial charge is 0.490 e. The predicted octanol–water partition coefficient (Wildman–Crippen LogP) is 5.89. The molecule has 0 spiro atoms. The van der Waals surface area contributed by atoms with E-state index < -0.39 is 12.1 Å². The Bertz CT molecular complexity index is 1680. The molecule has 0 atom stereocenters. The number of anilines is 1. The summed E-state index contributed by atoms with van der Waals surface area (Å²) in [4.78, 5) is 38.8. The first kappa shape index (κ1) is 31.0. The van der Waals surface area contributed by atoms with E-state index >= 15 is 0 Å². The van der Waals surface area contributed by atoms with Gasteiger partial charge in [-0.2, -0.15) is 5.10 Å². The van der Waals surface area contributed by atoms with Crippen molar-refractivity contribution in [2.75, 3.05) is 37.0 Å². The van der Waals surface area contributed by atoms with Gasteiger partial charge in [0.15, 0.2) is 0 Å². The number of aliphatic carboxylic acids is 1. The minimum absolute atomic E-state index is 0.0631. The van der Waals surface area contributed by atoms with Crippen LogP contribution in [0, 0.1) is 6.92 Å². The zero-order valence-corrected chi connectivity index (χ0v) is 25.6. The lowest BCUT2D eigenvalue weighted by Crippen LogP contribution is -2.36. The number of carbonyl (C=O) groups is 3. The topological polar surface area (TPSA) is 123 Å². The van der Waals surface area contributed by atoms with Crippen molar-refractivity contribution in [2.24, 2.45) is 0 Å². The lowest BCUT2D eigenvalue weighted by Gasteiger charge is -2.29. The van der Waals surface area contributed by atoms with Crippen LogP contribution in [0.1, 0.15) is 27.9 Å². The Morgan fingerprint density at radius 3 is 2.75 bits per heavy atom. The van der Waals surface area contributed by atoms with Crippen molar-refractivity contribution >= 4 is 47.0 Å². The van der Waals surface area contributed by atoms with Gasteiger partial charge in [0.2, 0.25) is 0 Å². The predicted molar refractivity (Wildman–Crippen MR) is 169 cm³/mol. The van der Waals surface area contributed by atoms with E-state index in [2.05, 4.69) is 10.4 Å². The molecule has 0 unspecified atom stereocenters. The first-order valence-corrected chi connectivity index (χ1v) is 15.4. The Kier molecular flexibility index (Phi) is 10.1. The summed E-state index contributed by atoms with van der Waals surface area (Å²) in [5, 5.41) is 16.6. The van der Waals surface area contributed by atoms with Crippen LogP contribution in [0.15, 0.2) is 78.0 Å². The number of nitrogens with zero attached hydrogens (tertiary/aromatic N) is 3. The number of hydrogen-bond acceptors (Lipinski definition) is 7. The smallest absolute Gasteiger partial charge is 0.414 e. The van der Waals surface area contributed by atoms with E-state index in [4.69, 9.17) is 26.2 Å². The van der Waals surface area contributed by atoms with Crippen molar-refractivity contribution in [1.82, 2.24) is 15.1 Å². The Morgan fingerprint density at radius 1 is 1.09 bits per heavy atom. The lowest BCUT2D eigenvalue weighted by molar-refractivity contribution is -0.136. The summed E-state index contributed by atoms with van der Waals surface area (Å²) in [6, 6.07) is 18.4. The molecule has 0 radical (unpaired) electrons. The van der Waals surface area contributed by atoms with Gasteiger partial charge < -0.3 is 19.9 Å². The Hall–Kier alpha value is -4.48. The first-order chi connectivity index (χ1) is 21.3. The van der Waals surface area contributed by atoms with Crippen LogP contribution in [0.5, 0.6) is 5.75 Å². The molecule has 12 heteroatoms. The van der Waals surface area contributed by atoms with Crippen molar-refractivity contribution in [3.05, 3.63) is 94.8 Å². The second kappa shape index (κ2) is 14.3. The molecule has 3 aromatic carbocycles. The molecule has 0 fully saturated rings. The summed E-state index contributed by atoms with van der Waals surface area (Å²) in [6.45, 7) is 3.20. The highest BCUT2D eigenvalue weighted by Gasteiger charge is 2.26. The molecule has 2 N–H and O–H groups in total. The third kappa shape index (κ3) is 7.53. The van der Waals surface area contributed by atoms with E-state index in [-0.39, 0.29) is 32.1 Å². The van der Waals surface area contributed by atoms with E-state index in [0.717, 1.165) is 32.8 Å².